The highest BCUT2D eigenvalue weighted by atomic mass is 35.5. The maximum atomic E-state index is 12.5. The Kier molecular flexibility index (Phi) is 4.18. The van der Waals surface area contributed by atoms with E-state index in [1.807, 2.05) is 0 Å². The first kappa shape index (κ1) is 15.1. The number of ketones is 1. The molecule has 22 heavy (non-hydrogen) atoms. The molecule has 0 aliphatic carbocycles. The largest absolute Gasteiger partial charge is 0.360 e. The average Bonchev–Trinajstić information content (AvgIpc) is 2.96. The fraction of sp³-hybridized carbons (Fsp3) is 0.375. The molecule has 0 radical (unpaired) electrons. The Bertz CT molecular complexity index is 717. The number of halogens is 1. The van der Waals surface area contributed by atoms with E-state index in [0.29, 0.717) is 29.1 Å². The van der Waals surface area contributed by atoms with Gasteiger partial charge in [-0.1, -0.05) is 18.5 Å². The second-order valence-electron chi connectivity index (χ2n) is 5.45. The van der Waals surface area contributed by atoms with Crippen LogP contribution in [0.15, 0.2) is 24.4 Å². The Labute approximate surface area is 133 Å². The summed E-state index contributed by atoms with van der Waals surface area (Å²) in [5.41, 5.74) is 1.19. The number of Topliss-reactive ketones (excluding diaryl/α,β-unsaturated/α-hetero) is 1. The second-order valence-corrected chi connectivity index (χ2v) is 5.88. The van der Waals surface area contributed by atoms with Crippen molar-refractivity contribution in [3.8, 4) is 0 Å². The number of nitrogens with one attached hydrogen (secondary N) is 1. The number of piperazine rings is 1. The monoisotopic (exact) mass is 319 g/mol. The van der Waals surface area contributed by atoms with Crippen molar-refractivity contribution >= 4 is 34.2 Å². The Balaban J connectivity index is 1.80. The predicted molar refractivity (Wildman–Crippen MR) is 86.3 cm³/mol. The van der Waals surface area contributed by atoms with Crippen LogP contribution < -0.4 is 0 Å². The van der Waals surface area contributed by atoms with Crippen molar-refractivity contribution in [3.63, 3.8) is 0 Å². The molecule has 1 saturated heterocycles. The second kappa shape index (κ2) is 6.10. The summed E-state index contributed by atoms with van der Waals surface area (Å²) >= 11 is 5.99. The van der Waals surface area contributed by atoms with Gasteiger partial charge in [0.25, 0.3) is 11.7 Å². The van der Waals surface area contributed by atoms with E-state index in [9.17, 15) is 9.59 Å². The van der Waals surface area contributed by atoms with Crippen molar-refractivity contribution in [2.75, 3.05) is 32.7 Å². The van der Waals surface area contributed by atoms with E-state index in [1.165, 1.54) is 0 Å². The first-order chi connectivity index (χ1) is 10.6. The predicted octanol–water partition coefficient (Wildman–Crippen LogP) is 2.17. The minimum Gasteiger partial charge on any atom is -0.360 e. The zero-order chi connectivity index (χ0) is 15.7. The fourth-order valence-electron chi connectivity index (χ4n) is 2.81. The molecule has 0 atom stereocenters. The molecule has 0 bridgehead atoms. The normalized spacial score (nSPS) is 16.2. The smallest absolute Gasteiger partial charge is 0.295 e. The highest BCUT2D eigenvalue weighted by Crippen LogP contribution is 2.23. The quantitative estimate of drug-likeness (QED) is 0.697. The summed E-state index contributed by atoms with van der Waals surface area (Å²) in [6, 6.07) is 5.27. The Hall–Kier alpha value is -1.85. The van der Waals surface area contributed by atoms with Crippen LogP contribution in [-0.2, 0) is 4.79 Å². The Morgan fingerprint density at radius 3 is 2.64 bits per heavy atom. The SMILES string of the molecule is CCN1CCN(C(=O)C(=O)c2c[nH]c3ccc(Cl)cc23)CC1. The molecule has 6 heteroatoms. The molecule has 1 aromatic carbocycles. The van der Waals surface area contributed by atoms with Crippen molar-refractivity contribution in [2.24, 2.45) is 0 Å². The van der Waals surface area contributed by atoms with Crippen LogP contribution in [-0.4, -0.2) is 59.2 Å². The third-order valence-electron chi connectivity index (χ3n) is 4.19. The molecule has 0 unspecified atom stereocenters. The summed E-state index contributed by atoms with van der Waals surface area (Å²) < 4.78 is 0. The van der Waals surface area contributed by atoms with Crippen LogP contribution in [0, 0.1) is 0 Å². The van der Waals surface area contributed by atoms with Gasteiger partial charge in [0.15, 0.2) is 0 Å². The number of rotatable bonds is 3. The van der Waals surface area contributed by atoms with Gasteiger partial charge in [-0.15, -0.1) is 0 Å². The maximum Gasteiger partial charge on any atom is 0.295 e. The molecule has 2 heterocycles. The maximum absolute atomic E-state index is 12.5. The zero-order valence-electron chi connectivity index (χ0n) is 12.4. The number of H-pyrrole nitrogens is 1. The fourth-order valence-corrected chi connectivity index (χ4v) is 2.98. The van der Waals surface area contributed by atoms with E-state index in [4.69, 9.17) is 11.6 Å². The highest BCUT2D eigenvalue weighted by molar-refractivity contribution is 6.45. The van der Waals surface area contributed by atoms with Crippen molar-refractivity contribution in [1.82, 2.24) is 14.8 Å². The molecule has 5 nitrogen and oxygen atoms in total. The van der Waals surface area contributed by atoms with E-state index in [0.717, 1.165) is 25.2 Å². The number of likely N-dealkylation sites (N-methyl/N-ethyl adjacent to an activating group) is 1. The van der Waals surface area contributed by atoms with Crippen LogP contribution in [0.1, 0.15) is 17.3 Å². The number of benzene rings is 1. The molecule has 1 aliphatic heterocycles. The van der Waals surface area contributed by atoms with Crippen molar-refractivity contribution in [1.29, 1.82) is 0 Å². The number of nitrogens with zero attached hydrogens (tertiary/aromatic N) is 2. The number of hydrogen-bond donors (Lipinski definition) is 1. The topological polar surface area (TPSA) is 56.4 Å². The van der Waals surface area contributed by atoms with Gasteiger partial charge in [-0.25, -0.2) is 0 Å². The Morgan fingerprint density at radius 2 is 1.95 bits per heavy atom. The number of amides is 1. The lowest BCUT2D eigenvalue weighted by molar-refractivity contribution is -0.128. The van der Waals surface area contributed by atoms with Gasteiger partial charge in [-0.3, -0.25) is 9.59 Å². The van der Waals surface area contributed by atoms with Crippen LogP contribution >= 0.6 is 11.6 Å². The van der Waals surface area contributed by atoms with Gasteiger partial charge >= 0.3 is 0 Å². The van der Waals surface area contributed by atoms with E-state index >= 15 is 0 Å². The van der Waals surface area contributed by atoms with E-state index in [2.05, 4.69) is 16.8 Å². The van der Waals surface area contributed by atoms with E-state index in [-0.39, 0.29) is 0 Å². The van der Waals surface area contributed by atoms with Gasteiger partial charge in [0.05, 0.1) is 5.56 Å². The summed E-state index contributed by atoms with van der Waals surface area (Å²) in [5, 5.41) is 1.24. The zero-order valence-corrected chi connectivity index (χ0v) is 13.2. The van der Waals surface area contributed by atoms with Crippen molar-refractivity contribution < 1.29 is 9.59 Å². The molecule has 3 rings (SSSR count). The van der Waals surface area contributed by atoms with Crippen LogP contribution in [0.3, 0.4) is 0 Å². The van der Waals surface area contributed by atoms with Gasteiger partial charge in [0.2, 0.25) is 0 Å². The van der Waals surface area contributed by atoms with Gasteiger partial charge in [-0.2, -0.15) is 0 Å². The molecular weight excluding hydrogens is 302 g/mol. The lowest BCUT2D eigenvalue weighted by atomic mass is 10.1. The molecule has 1 amide bonds. The minimum atomic E-state index is -0.474. The molecule has 0 spiro atoms. The number of carbonyl (C=O) groups is 2. The number of fused-ring (bicyclic) bond motifs is 1. The average molecular weight is 320 g/mol. The number of hydrogen-bond acceptors (Lipinski definition) is 3. The van der Waals surface area contributed by atoms with Crippen molar-refractivity contribution in [2.45, 2.75) is 6.92 Å². The molecule has 2 aromatic rings. The lowest BCUT2D eigenvalue weighted by Crippen LogP contribution is -2.50. The minimum absolute atomic E-state index is 0.389. The summed E-state index contributed by atoms with van der Waals surface area (Å²) in [7, 11) is 0. The number of aromatic nitrogens is 1. The van der Waals surface area contributed by atoms with Crippen LogP contribution in [0.5, 0.6) is 0 Å². The first-order valence-corrected chi connectivity index (χ1v) is 7.80. The Morgan fingerprint density at radius 1 is 1.23 bits per heavy atom. The third-order valence-corrected chi connectivity index (χ3v) is 4.42. The van der Waals surface area contributed by atoms with Crippen molar-refractivity contribution in [3.05, 3.63) is 35.0 Å². The summed E-state index contributed by atoms with van der Waals surface area (Å²) in [6.45, 7) is 5.89. The summed E-state index contributed by atoms with van der Waals surface area (Å²) in [6.07, 6.45) is 1.59. The van der Waals surface area contributed by atoms with Crippen LogP contribution in [0.2, 0.25) is 5.02 Å². The highest BCUT2D eigenvalue weighted by Gasteiger charge is 2.27. The standard InChI is InChI=1S/C16H18ClN3O2/c1-2-19-5-7-20(8-6-19)16(22)15(21)13-10-18-14-4-3-11(17)9-12(13)14/h3-4,9-10,18H,2,5-8H2,1H3. The van der Waals surface area contributed by atoms with Gasteiger partial charge < -0.3 is 14.8 Å². The number of aromatic amines is 1. The van der Waals surface area contributed by atoms with Crippen LogP contribution in [0.4, 0.5) is 0 Å². The molecule has 0 saturated carbocycles. The summed E-state index contributed by atoms with van der Waals surface area (Å²) in [5.74, 6) is -0.907. The molecule has 116 valence electrons. The molecule has 1 aromatic heterocycles. The third kappa shape index (κ3) is 2.74. The van der Waals surface area contributed by atoms with Crippen LogP contribution in [0.25, 0.3) is 10.9 Å². The first-order valence-electron chi connectivity index (χ1n) is 7.42. The van der Waals surface area contributed by atoms with Gasteiger partial charge in [0, 0.05) is 48.3 Å². The van der Waals surface area contributed by atoms with Gasteiger partial charge in [0.1, 0.15) is 0 Å². The number of carbonyl (C=O) groups excluding carboxylic acids is 2. The molecule has 1 aliphatic rings. The molecular formula is C16H18ClN3O2. The molecule has 1 N–H and O–H groups in total. The molecule has 1 fully saturated rings. The van der Waals surface area contributed by atoms with E-state index < -0.39 is 11.7 Å². The summed E-state index contributed by atoms with van der Waals surface area (Å²) in [4.78, 5) is 31.9. The lowest BCUT2D eigenvalue weighted by Gasteiger charge is -2.33. The van der Waals surface area contributed by atoms with Gasteiger partial charge in [-0.05, 0) is 24.7 Å². The van der Waals surface area contributed by atoms with E-state index in [1.54, 1.807) is 29.3 Å².